The summed E-state index contributed by atoms with van der Waals surface area (Å²) in [5, 5.41) is 6.40. The minimum absolute atomic E-state index is 0.0285. The first-order valence-corrected chi connectivity index (χ1v) is 11.0. The number of hydrogen-bond acceptors (Lipinski definition) is 4. The fourth-order valence-electron chi connectivity index (χ4n) is 2.78. The molecule has 0 saturated heterocycles. The summed E-state index contributed by atoms with van der Waals surface area (Å²) >= 11 is 0. The summed E-state index contributed by atoms with van der Waals surface area (Å²) < 4.78 is 30.1. The largest absolute Gasteiger partial charge is 0.496 e. The average Bonchev–Trinajstić information content (AvgIpc) is 2.69. The first-order chi connectivity index (χ1) is 13.5. The Hall–Kier alpha value is -2.54. The fraction of sp³-hybridized carbons (Fsp3) is 0.381. The van der Waals surface area contributed by atoms with E-state index >= 15 is 0 Å². The molecule has 0 heterocycles. The van der Waals surface area contributed by atoms with Crippen molar-refractivity contribution < 1.29 is 13.2 Å². The zero-order chi connectivity index (χ0) is 20.4. The SMILES string of the molecule is CCNC(=NCCS(=O)(=O)c1ccccc1)NCCc1cc(C)ccc1OC. The Morgan fingerprint density at radius 1 is 1.11 bits per heavy atom. The van der Waals surface area contributed by atoms with Crippen molar-refractivity contribution in [1.82, 2.24) is 10.6 Å². The Morgan fingerprint density at radius 2 is 1.86 bits per heavy atom. The first kappa shape index (κ1) is 21.8. The molecule has 7 heteroatoms. The number of hydrogen-bond donors (Lipinski definition) is 2. The predicted molar refractivity (Wildman–Crippen MR) is 114 cm³/mol. The van der Waals surface area contributed by atoms with E-state index in [0.29, 0.717) is 23.9 Å². The average molecular weight is 404 g/mol. The molecule has 0 aromatic heterocycles. The van der Waals surface area contributed by atoms with Crippen LogP contribution in [0.1, 0.15) is 18.1 Å². The Morgan fingerprint density at radius 3 is 2.54 bits per heavy atom. The molecule has 0 atom stereocenters. The Labute approximate surface area is 168 Å². The van der Waals surface area contributed by atoms with Gasteiger partial charge in [0.1, 0.15) is 5.75 Å². The predicted octanol–water partition coefficient (Wildman–Crippen LogP) is 2.58. The molecule has 2 N–H and O–H groups in total. The van der Waals surface area contributed by atoms with E-state index in [0.717, 1.165) is 17.7 Å². The number of rotatable bonds is 9. The molecule has 6 nitrogen and oxygen atoms in total. The summed E-state index contributed by atoms with van der Waals surface area (Å²) in [6.07, 6.45) is 0.775. The third-order valence-corrected chi connectivity index (χ3v) is 5.91. The van der Waals surface area contributed by atoms with Crippen molar-refractivity contribution in [3.63, 3.8) is 0 Å². The molecule has 0 saturated carbocycles. The van der Waals surface area contributed by atoms with Gasteiger partial charge in [0, 0.05) is 13.1 Å². The number of benzene rings is 2. The first-order valence-electron chi connectivity index (χ1n) is 9.39. The van der Waals surface area contributed by atoms with Gasteiger partial charge in [0.05, 0.1) is 24.3 Å². The molecular weight excluding hydrogens is 374 g/mol. The van der Waals surface area contributed by atoms with Crippen molar-refractivity contribution in [3.8, 4) is 5.75 Å². The Bertz CT molecular complexity index is 881. The molecule has 28 heavy (non-hydrogen) atoms. The van der Waals surface area contributed by atoms with Crippen LogP contribution in [0.25, 0.3) is 0 Å². The summed E-state index contributed by atoms with van der Waals surface area (Å²) in [6.45, 7) is 5.58. The third kappa shape index (κ3) is 6.56. The lowest BCUT2D eigenvalue weighted by Gasteiger charge is -2.13. The van der Waals surface area contributed by atoms with Crippen molar-refractivity contribution in [1.29, 1.82) is 0 Å². The highest BCUT2D eigenvalue weighted by atomic mass is 32.2. The van der Waals surface area contributed by atoms with E-state index in [1.807, 2.05) is 19.1 Å². The molecule has 0 spiro atoms. The number of nitrogens with zero attached hydrogens (tertiary/aromatic N) is 1. The molecule has 0 fully saturated rings. The van der Waals surface area contributed by atoms with Crippen LogP contribution in [0.5, 0.6) is 5.75 Å². The molecule has 0 aliphatic rings. The molecule has 0 aliphatic carbocycles. The van der Waals surface area contributed by atoms with Crippen molar-refractivity contribution in [3.05, 3.63) is 59.7 Å². The zero-order valence-electron chi connectivity index (χ0n) is 16.7. The van der Waals surface area contributed by atoms with Crippen LogP contribution in [0.15, 0.2) is 58.4 Å². The van der Waals surface area contributed by atoms with Crippen LogP contribution in [0, 0.1) is 6.92 Å². The van der Waals surface area contributed by atoms with Gasteiger partial charge in [0.2, 0.25) is 0 Å². The standard InChI is InChI=1S/C21H29N3O3S/c1-4-22-21(23-13-12-18-16-17(2)10-11-20(18)27-3)24-14-15-28(25,26)19-8-6-5-7-9-19/h5-11,16H,4,12-15H2,1-3H3,(H2,22,23,24). The number of nitrogens with one attached hydrogen (secondary N) is 2. The second kappa shape index (κ2) is 10.7. The molecular formula is C21H29N3O3S. The molecule has 0 unspecified atom stereocenters. The van der Waals surface area contributed by atoms with Crippen molar-refractivity contribution >= 4 is 15.8 Å². The van der Waals surface area contributed by atoms with Crippen molar-refractivity contribution in [2.75, 3.05) is 32.5 Å². The number of ether oxygens (including phenoxy) is 1. The van der Waals surface area contributed by atoms with Crippen molar-refractivity contribution in [2.45, 2.75) is 25.2 Å². The van der Waals surface area contributed by atoms with E-state index in [2.05, 4.69) is 28.6 Å². The summed E-state index contributed by atoms with van der Waals surface area (Å²) in [4.78, 5) is 4.73. The van der Waals surface area contributed by atoms with Gasteiger partial charge in [-0.15, -0.1) is 0 Å². The van der Waals surface area contributed by atoms with Gasteiger partial charge in [-0.25, -0.2) is 8.42 Å². The van der Waals surface area contributed by atoms with E-state index in [-0.39, 0.29) is 12.3 Å². The van der Waals surface area contributed by atoms with Crippen LogP contribution < -0.4 is 15.4 Å². The maximum absolute atomic E-state index is 12.3. The van der Waals surface area contributed by atoms with Gasteiger partial charge in [0.25, 0.3) is 0 Å². The number of guanidine groups is 1. The van der Waals surface area contributed by atoms with Crippen LogP contribution >= 0.6 is 0 Å². The van der Waals surface area contributed by atoms with E-state index < -0.39 is 9.84 Å². The third-order valence-electron chi connectivity index (χ3n) is 4.20. The van der Waals surface area contributed by atoms with Crippen LogP contribution in [0.4, 0.5) is 0 Å². The van der Waals surface area contributed by atoms with Crippen LogP contribution in [-0.4, -0.2) is 46.9 Å². The second-order valence-electron chi connectivity index (χ2n) is 6.38. The highest BCUT2D eigenvalue weighted by Crippen LogP contribution is 2.19. The van der Waals surface area contributed by atoms with Gasteiger partial charge in [0.15, 0.2) is 15.8 Å². The van der Waals surface area contributed by atoms with Crippen molar-refractivity contribution in [2.24, 2.45) is 4.99 Å². The number of sulfone groups is 1. The molecule has 152 valence electrons. The van der Waals surface area contributed by atoms with E-state index in [1.165, 1.54) is 5.56 Å². The molecule has 0 bridgehead atoms. The lowest BCUT2D eigenvalue weighted by Crippen LogP contribution is -2.38. The molecule has 2 aromatic carbocycles. The number of aryl methyl sites for hydroxylation is 1. The maximum atomic E-state index is 12.3. The Kier molecular flexibility index (Phi) is 8.32. The van der Waals surface area contributed by atoms with E-state index in [4.69, 9.17) is 4.74 Å². The lowest BCUT2D eigenvalue weighted by molar-refractivity contribution is 0.409. The monoisotopic (exact) mass is 403 g/mol. The minimum atomic E-state index is -3.33. The number of aliphatic imine (C=N–C) groups is 1. The normalized spacial score (nSPS) is 11.9. The number of methoxy groups -OCH3 is 1. The fourth-order valence-corrected chi connectivity index (χ4v) is 3.92. The summed E-state index contributed by atoms with van der Waals surface area (Å²) in [5.41, 5.74) is 2.31. The van der Waals surface area contributed by atoms with Gasteiger partial charge in [-0.2, -0.15) is 0 Å². The van der Waals surface area contributed by atoms with Gasteiger partial charge < -0.3 is 15.4 Å². The van der Waals surface area contributed by atoms with E-state index in [1.54, 1.807) is 37.4 Å². The molecule has 2 rings (SSSR count). The van der Waals surface area contributed by atoms with Crippen LogP contribution in [-0.2, 0) is 16.3 Å². The molecule has 0 amide bonds. The van der Waals surface area contributed by atoms with Gasteiger partial charge in [-0.1, -0.05) is 35.9 Å². The highest BCUT2D eigenvalue weighted by Gasteiger charge is 2.13. The highest BCUT2D eigenvalue weighted by molar-refractivity contribution is 7.91. The Balaban J connectivity index is 1.93. The molecule has 2 aromatic rings. The van der Waals surface area contributed by atoms with Gasteiger partial charge in [-0.05, 0) is 44.0 Å². The quantitative estimate of drug-likeness (QED) is 0.497. The topological polar surface area (TPSA) is 79.8 Å². The van der Waals surface area contributed by atoms with Gasteiger partial charge >= 0.3 is 0 Å². The van der Waals surface area contributed by atoms with Crippen LogP contribution in [0.3, 0.4) is 0 Å². The smallest absolute Gasteiger partial charge is 0.191 e. The minimum Gasteiger partial charge on any atom is -0.496 e. The lowest BCUT2D eigenvalue weighted by atomic mass is 10.1. The van der Waals surface area contributed by atoms with Gasteiger partial charge in [-0.3, -0.25) is 4.99 Å². The molecule has 0 radical (unpaired) electrons. The summed E-state index contributed by atoms with van der Waals surface area (Å²) in [5.74, 6) is 1.44. The molecule has 0 aliphatic heterocycles. The summed E-state index contributed by atoms with van der Waals surface area (Å²) in [7, 11) is -1.66. The van der Waals surface area contributed by atoms with Crippen LogP contribution in [0.2, 0.25) is 0 Å². The summed E-state index contributed by atoms with van der Waals surface area (Å²) in [6, 6.07) is 14.6. The van der Waals surface area contributed by atoms with E-state index in [9.17, 15) is 8.42 Å². The zero-order valence-corrected chi connectivity index (χ0v) is 17.6. The maximum Gasteiger partial charge on any atom is 0.191 e. The second-order valence-corrected chi connectivity index (χ2v) is 8.49.